The second-order valence-corrected chi connectivity index (χ2v) is 5.00. The minimum atomic E-state index is 0.570. The maximum Gasteiger partial charge on any atom is 0.145 e. The molecule has 0 bridgehead atoms. The van der Waals surface area contributed by atoms with Crippen LogP contribution in [0.2, 0.25) is 0 Å². The van der Waals surface area contributed by atoms with Crippen LogP contribution >= 0.6 is 0 Å². The first-order chi connectivity index (χ1) is 8.31. The molecular weight excluding hydrogens is 210 g/mol. The van der Waals surface area contributed by atoms with E-state index in [-0.39, 0.29) is 0 Å². The van der Waals surface area contributed by atoms with E-state index in [0.29, 0.717) is 6.04 Å². The lowest BCUT2D eigenvalue weighted by molar-refractivity contribution is 0.602. The van der Waals surface area contributed by atoms with E-state index in [1.807, 2.05) is 30.5 Å². The fourth-order valence-electron chi connectivity index (χ4n) is 2.57. The molecule has 0 aliphatic heterocycles. The van der Waals surface area contributed by atoms with E-state index in [4.69, 9.17) is 0 Å². The Morgan fingerprint density at radius 2 is 2.00 bits per heavy atom. The van der Waals surface area contributed by atoms with E-state index in [0.717, 1.165) is 22.8 Å². The highest BCUT2D eigenvalue weighted by molar-refractivity contribution is 5.75. The number of rotatable bonds is 2. The third-order valence-corrected chi connectivity index (χ3v) is 3.50. The standard InChI is InChI=1S/C14H17N3/c1-10-6-7-11(8-10)16-14-9-15-12-4-2-3-5-13(12)17-14/h2-5,9-11H,6-8H2,1H3,(H,16,17). The largest absolute Gasteiger partial charge is 0.366 e. The summed E-state index contributed by atoms with van der Waals surface area (Å²) >= 11 is 0. The zero-order valence-electron chi connectivity index (χ0n) is 10.1. The summed E-state index contributed by atoms with van der Waals surface area (Å²) in [5.41, 5.74) is 1.92. The molecule has 1 aliphatic carbocycles. The molecule has 88 valence electrons. The number of anilines is 1. The third kappa shape index (κ3) is 2.23. The molecule has 1 fully saturated rings. The molecule has 1 aromatic heterocycles. The summed E-state index contributed by atoms with van der Waals surface area (Å²) in [6, 6.07) is 8.55. The zero-order valence-corrected chi connectivity index (χ0v) is 10.1. The van der Waals surface area contributed by atoms with Gasteiger partial charge in [-0.25, -0.2) is 4.98 Å². The van der Waals surface area contributed by atoms with Gasteiger partial charge in [-0.15, -0.1) is 0 Å². The van der Waals surface area contributed by atoms with Crippen LogP contribution < -0.4 is 5.32 Å². The van der Waals surface area contributed by atoms with Crippen molar-refractivity contribution in [1.29, 1.82) is 0 Å². The van der Waals surface area contributed by atoms with Crippen molar-refractivity contribution in [3.8, 4) is 0 Å². The quantitative estimate of drug-likeness (QED) is 0.856. The van der Waals surface area contributed by atoms with Crippen LogP contribution in [-0.2, 0) is 0 Å². The van der Waals surface area contributed by atoms with E-state index < -0.39 is 0 Å². The van der Waals surface area contributed by atoms with Gasteiger partial charge in [0.1, 0.15) is 5.82 Å². The highest BCUT2D eigenvalue weighted by Gasteiger charge is 2.21. The lowest BCUT2D eigenvalue weighted by atomic mass is 10.1. The second kappa shape index (κ2) is 4.32. The van der Waals surface area contributed by atoms with Gasteiger partial charge in [-0.3, -0.25) is 4.98 Å². The molecule has 3 heteroatoms. The zero-order chi connectivity index (χ0) is 11.7. The monoisotopic (exact) mass is 227 g/mol. The van der Waals surface area contributed by atoms with Crippen LogP contribution in [0.1, 0.15) is 26.2 Å². The molecule has 0 saturated heterocycles. The number of nitrogens with one attached hydrogen (secondary N) is 1. The summed E-state index contributed by atoms with van der Waals surface area (Å²) in [5.74, 6) is 1.74. The maximum absolute atomic E-state index is 4.59. The smallest absolute Gasteiger partial charge is 0.145 e. The molecule has 2 atom stereocenters. The van der Waals surface area contributed by atoms with E-state index in [1.165, 1.54) is 19.3 Å². The summed E-state index contributed by atoms with van der Waals surface area (Å²) in [6.45, 7) is 2.31. The van der Waals surface area contributed by atoms with E-state index in [1.54, 1.807) is 0 Å². The average molecular weight is 227 g/mol. The third-order valence-electron chi connectivity index (χ3n) is 3.50. The van der Waals surface area contributed by atoms with Crippen LogP contribution in [0.5, 0.6) is 0 Å². The molecule has 1 aromatic carbocycles. The van der Waals surface area contributed by atoms with Crippen LogP contribution in [-0.4, -0.2) is 16.0 Å². The highest BCUT2D eigenvalue weighted by atomic mass is 15.0. The van der Waals surface area contributed by atoms with Crippen molar-refractivity contribution in [1.82, 2.24) is 9.97 Å². The molecule has 3 nitrogen and oxygen atoms in total. The molecule has 1 aliphatic rings. The van der Waals surface area contributed by atoms with Gasteiger partial charge in [0.2, 0.25) is 0 Å². The van der Waals surface area contributed by atoms with Crippen LogP contribution in [0, 0.1) is 5.92 Å². The van der Waals surface area contributed by atoms with Crippen molar-refractivity contribution in [2.45, 2.75) is 32.2 Å². The first-order valence-electron chi connectivity index (χ1n) is 6.29. The molecular formula is C14H17N3. The topological polar surface area (TPSA) is 37.8 Å². The number of hydrogen-bond acceptors (Lipinski definition) is 3. The van der Waals surface area contributed by atoms with Gasteiger partial charge in [0, 0.05) is 6.04 Å². The van der Waals surface area contributed by atoms with Gasteiger partial charge in [-0.05, 0) is 37.3 Å². The van der Waals surface area contributed by atoms with Crippen LogP contribution in [0.3, 0.4) is 0 Å². The number of aromatic nitrogens is 2. The van der Waals surface area contributed by atoms with Crippen molar-refractivity contribution < 1.29 is 0 Å². The average Bonchev–Trinajstić information content (AvgIpc) is 2.75. The Bertz CT molecular complexity index is 524. The van der Waals surface area contributed by atoms with Gasteiger partial charge in [0.15, 0.2) is 0 Å². The maximum atomic E-state index is 4.59. The lowest BCUT2D eigenvalue weighted by Gasteiger charge is -2.12. The van der Waals surface area contributed by atoms with Crippen molar-refractivity contribution in [2.24, 2.45) is 5.92 Å². The molecule has 1 N–H and O–H groups in total. The van der Waals surface area contributed by atoms with Crippen molar-refractivity contribution in [2.75, 3.05) is 5.32 Å². The van der Waals surface area contributed by atoms with E-state index >= 15 is 0 Å². The molecule has 0 spiro atoms. The molecule has 0 amide bonds. The van der Waals surface area contributed by atoms with Crippen molar-refractivity contribution in [3.05, 3.63) is 30.5 Å². The Labute approximate surface area is 101 Å². The molecule has 2 aromatic rings. The van der Waals surface area contributed by atoms with Gasteiger partial charge < -0.3 is 5.32 Å². The first kappa shape index (κ1) is 10.5. The lowest BCUT2D eigenvalue weighted by Crippen LogP contribution is -2.16. The molecule has 1 saturated carbocycles. The Kier molecular flexibility index (Phi) is 2.67. The van der Waals surface area contributed by atoms with E-state index in [9.17, 15) is 0 Å². The Balaban J connectivity index is 1.81. The predicted octanol–water partition coefficient (Wildman–Crippen LogP) is 3.23. The van der Waals surface area contributed by atoms with Crippen LogP contribution in [0.4, 0.5) is 5.82 Å². The minimum absolute atomic E-state index is 0.570. The highest BCUT2D eigenvalue weighted by Crippen LogP contribution is 2.27. The molecule has 1 heterocycles. The number of nitrogens with zero attached hydrogens (tertiary/aromatic N) is 2. The van der Waals surface area contributed by atoms with Crippen molar-refractivity contribution in [3.63, 3.8) is 0 Å². The molecule has 2 unspecified atom stereocenters. The summed E-state index contributed by atoms with van der Waals surface area (Å²) in [7, 11) is 0. The number of para-hydroxylation sites is 2. The number of benzene rings is 1. The van der Waals surface area contributed by atoms with Gasteiger partial charge in [-0.2, -0.15) is 0 Å². The minimum Gasteiger partial charge on any atom is -0.366 e. The normalized spacial score (nSPS) is 24.1. The fraction of sp³-hybridized carbons (Fsp3) is 0.429. The molecule has 3 rings (SSSR count). The van der Waals surface area contributed by atoms with Gasteiger partial charge in [0.25, 0.3) is 0 Å². The Morgan fingerprint density at radius 3 is 2.76 bits per heavy atom. The first-order valence-corrected chi connectivity index (χ1v) is 6.29. The summed E-state index contributed by atoms with van der Waals surface area (Å²) < 4.78 is 0. The SMILES string of the molecule is CC1CCC(Nc2cnc3ccccc3n2)C1. The Hall–Kier alpha value is -1.64. The van der Waals surface area contributed by atoms with Crippen molar-refractivity contribution >= 4 is 16.9 Å². The van der Waals surface area contributed by atoms with Gasteiger partial charge >= 0.3 is 0 Å². The summed E-state index contributed by atoms with van der Waals surface area (Å²) in [5, 5.41) is 3.49. The number of hydrogen-bond donors (Lipinski definition) is 1. The number of fused-ring (bicyclic) bond motifs is 1. The summed E-state index contributed by atoms with van der Waals surface area (Å²) in [6.07, 6.45) is 5.65. The van der Waals surface area contributed by atoms with E-state index in [2.05, 4.69) is 22.2 Å². The van der Waals surface area contributed by atoms with Crippen LogP contribution in [0.25, 0.3) is 11.0 Å². The van der Waals surface area contributed by atoms with Gasteiger partial charge in [0.05, 0.1) is 17.2 Å². The summed E-state index contributed by atoms with van der Waals surface area (Å²) in [4.78, 5) is 9.01. The fourth-order valence-corrected chi connectivity index (χ4v) is 2.57. The van der Waals surface area contributed by atoms with Crippen LogP contribution in [0.15, 0.2) is 30.5 Å². The predicted molar refractivity (Wildman–Crippen MR) is 70.0 cm³/mol. The van der Waals surface area contributed by atoms with Gasteiger partial charge in [-0.1, -0.05) is 19.1 Å². The molecule has 0 radical (unpaired) electrons. The molecule has 17 heavy (non-hydrogen) atoms. The Morgan fingerprint density at radius 1 is 1.18 bits per heavy atom. The second-order valence-electron chi connectivity index (χ2n) is 5.00.